The molecule has 0 aromatic heterocycles. The van der Waals surface area contributed by atoms with E-state index in [0.29, 0.717) is 18.8 Å². The second-order valence-corrected chi connectivity index (χ2v) is 4.37. The Bertz CT molecular complexity index is 411. The van der Waals surface area contributed by atoms with Gasteiger partial charge in [0.15, 0.2) is 11.5 Å². The van der Waals surface area contributed by atoms with Gasteiger partial charge in [-0.3, -0.25) is 0 Å². The zero-order chi connectivity index (χ0) is 13.7. The van der Waals surface area contributed by atoms with E-state index in [1.54, 1.807) is 0 Å². The van der Waals surface area contributed by atoms with Crippen molar-refractivity contribution >= 4 is 0 Å². The third kappa shape index (κ3) is 2.55. The van der Waals surface area contributed by atoms with Crippen LogP contribution >= 0.6 is 0 Å². The molecule has 3 nitrogen and oxygen atoms in total. The van der Waals surface area contributed by atoms with Crippen molar-refractivity contribution in [1.82, 2.24) is 0 Å². The lowest BCUT2D eigenvalue weighted by Gasteiger charge is -2.20. The van der Waals surface area contributed by atoms with Crippen molar-refractivity contribution in [2.75, 3.05) is 6.61 Å². The van der Waals surface area contributed by atoms with E-state index in [4.69, 9.17) is 4.74 Å². The number of rotatable bonds is 6. The monoisotopic (exact) mass is 252 g/mol. The van der Waals surface area contributed by atoms with E-state index < -0.39 is 0 Å². The third-order valence-electron chi connectivity index (χ3n) is 3.24. The van der Waals surface area contributed by atoms with Crippen molar-refractivity contribution in [2.45, 2.75) is 53.4 Å². The average molecular weight is 252 g/mol. The first kappa shape index (κ1) is 14.7. The number of ether oxygens (including phenoxy) is 1. The Hall–Kier alpha value is -1.38. The summed E-state index contributed by atoms with van der Waals surface area (Å²) in [5.74, 6) is 0.345. The van der Waals surface area contributed by atoms with E-state index in [9.17, 15) is 10.2 Å². The van der Waals surface area contributed by atoms with Gasteiger partial charge >= 0.3 is 0 Å². The van der Waals surface area contributed by atoms with Gasteiger partial charge in [0.1, 0.15) is 0 Å². The fourth-order valence-corrected chi connectivity index (χ4v) is 2.40. The van der Waals surface area contributed by atoms with E-state index in [1.165, 1.54) is 0 Å². The Morgan fingerprint density at radius 3 is 1.78 bits per heavy atom. The van der Waals surface area contributed by atoms with Crippen LogP contribution in [0.15, 0.2) is 0 Å². The van der Waals surface area contributed by atoms with Crippen molar-refractivity contribution in [2.24, 2.45) is 0 Å². The molecule has 0 heterocycles. The lowest BCUT2D eigenvalue weighted by atomic mass is 9.93. The van der Waals surface area contributed by atoms with Gasteiger partial charge in [-0.1, -0.05) is 27.7 Å². The first-order chi connectivity index (χ1) is 8.62. The van der Waals surface area contributed by atoms with Crippen LogP contribution < -0.4 is 4.74 Å². The topological polar surface area (TPSA) is 49.7 Å². The van der Waals surface area contributed by atoms with Crippen molar-refractivity contribution in [3.05, 3.63) is 16.7 Å². The molecule has 102 valence electrons. The minimum Gasteiger partial charge on any atom is -0.504 e. The van der Waals surface area contributed by atoms with Crippen molar-refractivity contribution in [3.63, 3.8) is 0 Å². The van der Waals surface area contributed by atoms with Gasteiger partial charge in [0, 0.05) is 11.1 Å². The summed E-state index contributed by atoms with van der Waals surface area (Å²) in [7, 11) is 0. The minimum atomic E-state index is -0.102. The van der Waals surface area contributed by atoms with Crippen LogP contribution in [0.25, 0.3) is 0 Å². The molecule has 1 aromatic carbocycles. The molecule has 0 saturated carbocycles. The summed E-state index contributed by atoms with van der Waals surface area (Å²) in [5.41, 5.74) is 2.98. The molecule has 18 heavy (non-hydrogen) atoms. The van der Waals surface area contributed by atoms with Gasteiger partial charge in [0.25, 0.3) is 0 Å². The summed E-state index contributed by atoms with van der Waals surface area (Å²) >= 11 is 0. The fourth-order valence-electron chi connectivity index (χ4n) is 2.40. The molecule has 0 unspecified atom stereocenters. The molecule has 0 radical (unpaired) electrons. The van der Waals surface area contributed by atoms with Crippen LogP contribution in [-0.4, -0.2) is 16.8 Å². The molecule has 0 saturated heterocycles. The fraction of sp³-hybridized carbons (Fsp3) is 0.600. The van der Waals surface area contributed by atoms with E-state index in [1.807, 2.05) is 20.8 Å². The Labute approximate surface area is 109 Å². The maximum atomic E-state index is 10.1. The quantitative estimate of drug-likeness (QED) is 0.761. The molecule has 0 amide bonds. The maximum absolute atomic E-state index is 10.1. The Kier molecular flexibility index (Phi) is 5.32. The molecule has 0 bridgehead atoms. The SMILES string of the molecule is CCCOc1c(O)c(O)c(CC)c(CC)c1CC. The first-order valence-corrected chi connectivity index (χ1v) is 6.83. The highest BCUT2D eigenvalue weighted by Gasteiger charge is 2.21. The predicted octanol–water partition coefficient (Wildman–Crippen LogP) is 3.57. The highest BCUT2D eigenvalue weighted by Crippen LogP contribution is 2.44. The zero-order valence-corrected chi connectivity index (χ0v) is 11.8. The first-order valence-electron chi connectivity index (χ1n) is 6.83. The van der Waals surface area contributed by atoms with E-state index >= 15 is 0 Å². The summed E-state index contributed by atoms with van der Waals surface area (Å²) in [4.78, 5) is 0. The summed E-state index contributed by atoms with van der Waals surface area (Å²) in [6.45, 7) is 8.66. The second kappa shape index (κ2) is 6.53. The van der Waals surface area contributed by atoms with Crippen LogP contribution in [0.4, 0.5) is 0 Å². The molecule has 0 spiro atoms. The van der Waals surface area contributed by atoms with Gasteiger partial charge in [0.05, 0.1) is 6.61 Å². The van der Waals surface area contributed by atoms with Crippen LogP contribution in [0, 0.1) is 0 Å². The van der Waals surface area contributed by atoms with E-state index in [-0.39, 0.29) is 11.5 Å². The molecule has 0 aliphatic carbocycles. The molecule has 0 aliphatic rings. The van der Waals surface area contributed by atoms with Crippen LogP contribution in [0.2, 0.25) is 0 Å². The molecular formula is C15H24O3. The van der Waals surface area contributed by atoms with Crippen molar-refractivity contribution in [1.29, 1.82) is 0 Å². The summed E-state index contributed by atoms with van der Waals surface area (Å²) < 4.78 is 5.62. The lowest BCUT2D eigenvalue weighted by molar-refractivity contribution is 0.288. The van der Waals surface area contributed by atoms with Crippen molar-refractivity contribution < 1.29 is 14.9 Å². The highest BCUT2D eigenvalue weighted by atomic mass is 16.5. The largest absolute Gasteiger partial charge is 0.504 e. The van der Waals surface area contributed by atoms with Crippen LogP contribution in [0.1, 0.15) is 50.8 Å². The smallest absolute Gasteiger partial charge is 0.201 e. The maximum Gasteiger partial charge on any atom is 0.201 e. The minimum absolute atomic E-state index is 0.0161. The van der Waals surface area contributed by atoms with Crippen LogP contribution in [0.5, 0.6) is 17.2 Å². The number of phenolic OH excluding ortho intramolecular Hbond substituents is 2. The molecule has 0 aliphatic heterocycles. The Morgan fingerprint density at radius 1 is 0.778 bits per heavy atom. The molecule has 1 rings (SSSR count). The Balaban J connectivity index is 3.45. The lowest BCUT2D eigenvalue weighted by Crippen LogP contribution is -2.05. The summed E-state index contributed by atoms with van der Waals surface area (Å²) in [6, 6.07) is 0. The number of aromatic hydroxyl groups is 2. The van der Waals surface area contributed by atoms with Gasteiger partial charge in [-0.05, 0) is 31.2 Å². The molecule has 1 aromatic rings. The number of hydrogen-bond donors (Lipinski definition) is 2. The predicted molar refractivity (Wildman–Crippen MR) is 73.7 cm³/mol. The zero-order valence-electron chi connectivity index (χ0n) is 11.8. The van der Waals surface area contributed by atoms with Gasteiger partial charge < -0.3 is 14.9 Å². The van der Waals surface area contributed by atoms with Crippen LogP contribution in [-0.2, 0) is 19.3 Å². The van der Waals surface area contributed by atoms with Crippen molar-refractivity contribution in [3.8, 4) is 17.2 Å². The van der Waals surface area contributed by atoms with Crippen LogP contribution in [0.3, 0.4) is 0 Å². The van der Waals surface area contributed by atoms with Gasteiger partial charge in [-0.15, -0.1) is 0 Å². The van der Waals surface area contributed by atoms with E-state index in [0.717, 1.165) is 36.0 Å². The van der Waals surface area contributed by atoms with Gasteiger partial charge in [0.2, 0.25) is 5.75 Å². The van der Waals surface area contributed by atoms with Gasteiger partial charge in [-0.25, -0.2) is 0 Å². The number of hydrogen-bond acceptors (Lipinski definition) is 3. The summed E-state index contributed by atoms with van der Waals surface area (Å²) in [6.07, 6.45) is 3.22. The van der Waals surface area contributed by atoms with E-state index in [2.05, 4.69) is 6.92 Å². The second-order valence-electron chi connectivity index (χ2n) is 4.37. The third-order valence-corrected chi connectivity index (χ3v) is 3.24. The average Bonchev–Trinajstić information content (AvgIpc) is 2.39. The molecule has 0 fully saturated rings. The summed E-state index contributed by atoms with van der Waals surface area (Å²) in [5, 5.41) is 20.2. The molecule has 2 N–H and O–H groups in total. The standard InChI is InChI=1S/C15H24O3/c1-5-9-18-15-12(8-4)10(6-2)11(7-3)13(16)14(15)17/h16-17H,5-9H2,1-4H3. The molecular weight excluding hydrogens is 228 g/mol. The molecule has 3 heteroatoms. The number of benzene rings is 1. The number of phenols is 2. The Morgan fingerprint density at radius 2 is 1.33 bits per heavy atom. The van der Waals surface area contributed by atoms with Gasteiger partial charge in [-0.2, -0.15) is 0 Å². The normalized spacial score (nSPS) is 10.7. The molecule has 0 atom stereocenters. The highest BCUT2D eigenvalue weighted by molar-refractivity contribution is 5.62.